The van der Waals surface area contributed by atoms with E-state index in [1.165, 1.54) is 0 Å². The van der Waals surface area contributed by atoms with E-state index in [0.717, 1.165) is 26.3 Å². The molecule has 0 amide bonds. The Hall–Kier alpha value is -2.21. The van der Waals surface area contributed by atoms with Gasteiger partial charge in [-0.25, -0.2) is 0 Å². The van der Waals surface area contributed by atoms with Gasteiger partial charge in [0.15, 0.2) is 0 Å². The van der Waals surface area contributed by atoms with Crippen LogP contribution in [0.3, 0.4) is 0 Å². The minimum atomic E-state index is -0.495. The van der Waals surface area contributed by atoms with Crippen LogP contribution in [0.2, 0.25) is 0 Å². The van der Waals surface area contributed by atoms with Gasteiger partial charge in [0.2, 0.25) is 0 Å². The fraction of sp³-hybridized carbons (Fsp3) is 0.333. The number of aliphatic hydroxyl groups is 2. The number of rotatable bonds is 10. The Morgan fingerprint density at radius 1 is 0.828 bits per heavy atom. The molecular weight excluding hydrogens is 384 g/mol. The number of hydrogen-bond donors (Lipinski definition) is 2. The monoisotopic (exact) mass is 412 g/mol. The summed E-state index contributed by atoms with van der Waals surface area (Å²) in [4.78, 5) is 2.09. The second-order valence-corrected chi connectivity index (χ2v) is 8.02. The summed E-state index contributed by atoms with van der Waals surface area (Å²) in [5.41, 5.74) is 0. The van der Waals surface area contributed by atoms with E-state index in [1.54, 1.807) is 11.8 Å². The Balaban J connectivity index is 1.97. The van der Waals surface area contributed by atoms with Crippen molar-refractivity contribution in [3.05, 3.63) is 60.7 Å². The molecule has 3 aromatic carbocycles. The SMILES string of the molecule is CCC(O)COc1ccc2ccc(OCC(O)CC)c(Sc3ccccc3)c2c1. The predicted octanol–water partition coefficient (Wildman–Crippen LogP) is 5.29. The fourth-order valence-corrected chi connectivity index (χ4v) is 3.82. The van der Waals surface area contributed by atoms with E-state index in [4.69, 9.17) is 9.47 Å². The van der Waals surface area contributed by atoms with Crippen LogP contribution in [-0.4, -0.2) is 35.6 Å². The van der Waals surface area contributed by atoms with Crippen molar-refractivity contribution in [2.75, 3.05) is 13.2 Å². The van der Waals surface area contributed by atoms with Crippen molar-refractivity contribution in [1.82, 2.24) is 0 Å². The van der Waals surface area contributed by atoms with Crippen molar-refractivity contribution in [3.8, 4) is 11.5 Å². The Bertz CT molecular complexity index is 908. The van der Waals surface area contributed by atoms with Crippen LogP contribution in [0.4, 0.5) is 0 Å². The summed E-state index contributed by atoms with van der Waals surface area (Å²) in [5.74, 6) is 1.45. The molecule has 0 spiro atoms. The molecule has 2 atom stereocenters. The molecule has 0 aliphatic carbocycles. The first kappa shape index (κ1) is 21.5. The van der Waals surface area contributed by atoms with Crippen molar-refractivity contribution < 1.29 is 19.7 Å². The van der Waals surface area contributed by atoms with E-state index in [-0.39, 0.29) is 13.2 Å². The molecular formula is C24H28O4S. The van der Waals surface area contributed by atoms with Gasteiger partial charge in [0.25, 0.3) is 0 Å². The van der Waals surface area contributed by atoms with Crippen LogP contribution >= 0.6 is 11.8 Å². The highest BCUT2D eigenvalue weighted by Crippen LogP contribution is 2.41. The molecule has 2 unspecified atom stereocenters. The molecule has 0 radical (unpaired) electrons. The molecule has 0 saturated carbocycles. The number of aliphatic hydroxyl groups excluding tert-OH is 2. The van der Waals surface area contributed by atoms with Crippen molar-refractivity contribution in [2.24, 2.45) is 0 Å². The van der Waals surface area contributed by atoms with Gasteiger partial charge in [-0.2, -0.15) is 0 Å². The number of fused-ring (bicyclic) bond motifs is 1. The molecule has 3 rings (SSSR count). The van der Waals surface area contributed by atoms with E-state index < -0.39 is 12.2 Å². The van der Waals surface area contributed by atoms with Crippen molar-refractivity contribution in [2.45, 2.75) is 48.7 Å². The van der Waals surface area contributed by atoms with Gasteiger partial charge >= 0.3 is 0 Å². The molecule has 2 N–H and O–H groups in total. The van der Waals surface area contributed by atoms with E-state index in [9.17, 15) is 10.2 Å². The van der Waals surface area contributed by atoms with Gasteiger partial charge in [-0.15, -0.1) is 0 Å². The summed E-state index contributed by atoms with van der Waals surface area (Å²) in [7, 11) is 0. The Kier molecular flexibility index (Phi) is 7.81. The minimum Gasteiger partial charge on any atom is -0.491 e. The molecule has 0 aromatic heterocycles. The van der Waals surface area contributed by atoms with Crippen molar-refractivity contribution >= 4 is 22.5 Å². The quantitative estimate of drug-likeness (QED) is 0.474. The molecule has 0 bridgehead atoms. The lowest BCUT2D eigenvalue weighted by atomic mass is 10.1. The minimum absolute atomic E-state index is 0.253. The van der Waals surface area contributed by atoms with Crippen molar-refractivity contribution in [1.29, 1.82) is 0 Å². The Labute approximate surface area is 176 Å². The second-order valence-electron chi connectivity index (χ2n) is 6.94. The van der Waals surface area contributed by atoms with Crippen LogP contribution in [0.15, 0.2) is 70.5 Å². The van der Waals surface area contributed by atoms with Gasteiger partial charge in [-0.1, -0.05) is 55.9 Å². The average Bonchev–Trinajstić information content (AvgIpc) is 2.77. The summed E-state index contributed by atoms with van der Waals surface area (Å²) in [6.07, 6.45) is 0.326. The maximum absolute atomic E-state index is 9.93. The van der Waals surface area contributed by atoms with Gasteiger partial charge in [-0.3, -0.25) is 0 Å². The third-order valence-electron chi connectivity index (χ3n) is 4.69. The summed E-state index contributed by atoms with van der Waals surface area (Å²) in [6, 6.07) is 20.0. The molecule has 154 valence electrons. The summed E-state index contributed by atoms with van der Waals surface area (Å²) in [5, 5.41) is 21.8. The predicted molar refractivity (Wildman–Crippen MR) is 118 cm³/mol. The molecule has 3 aromatic rings. The van der Waals surface area contributed by atoms with Crippen LogP contribution in [-0.2, 0) is 0 Å². The molecule has 0 saturated heterocycles. The van der Waals surface area contributed by atoms with E-state index in [1.807, 2.05) is 62.4 Å². The topological polar surface area (TPSA) is 58.9 Å². The molecule has 0 heterocycles. The van der Waals surface area contributed by atoms with Gasteiger partial charge in [-0.05, 0) is 48.6 Å². The average molecular weight is 413 g/mol. The lowest BCUT2D eigenvalue weighted by Crippen LogP contribution is -2.16. The highest BCUT2D eigenvalue weighted by Gasteiger charge is 2.14. The summed E-state index contributed by atoms with van der Waals surface area (Å²) < 4.78 is 11.8. The zero-order valence-corrected chi connectivity index (χ0v) is 17.7. The van der Waals surface area contributed by atoms with Crippen LogP contribution in [0.25, 0.3) is 10.8 Å². The van der Waals surface area contributed by atoms with Crippen LogP contribution in [0.1, 0.15) is 26.7 Å². The maximum atomic E-state index is 9.93. The molecule has 0 aliphatic heterocycles. The third-order valence-corrected chi connectivity index (χ3v) is 5.82. The first-order valence-electron chi connectivity index (χ1n) is 10.0. The van der Waals surface area contributed by atoms with Crippen molar-refractivity contribution in [3.63, 3.8) is 0 Å². The number of ether oxygens (including phenoxy) is 2. The maximum Gasteiger partial charge on any atom is 0.134 e. The zero-order chi connectivity index (χ0) is 20.6. The van der Waals surface area contributed by atoms with Gasteiger partial charge < -0.3 is 19.7 Å². The third kappa shape index (κ3) is 5.89. The Morgan fingerprint density at radius 2 is 1.48 bits per heavy atom. The van der Waals surface area contributed by atoms with Gasteiger partial charge in [0.05, 0.1) is 17.1 Å². The first-order chi connectivity index (χ1) is 14.1. The van der Waals surface area contributed by atoms with Crippen LogP contribution in [0.5, 0.6) is 11.5 Å². The van der Waals surface area contributed by atoms with Gasteiger partial charge in [0, 0.05) is 10.3 Å². The highest BCUT2D eigenvalue weighted by molar-refractivity contribution is 7.99. The zero-order valence-electron chi connectivity index (χ0n) is 16.9. The molecule has 29 heavy (non-hydrogen) atoms. The Morgan fingerprint density at radius 3 is 2.17 bits per heavy atom. The summed E-state index contributed by atoms with van der Waals surface area (Å²) >= 11 is 1.63. The summed E-state index contributed by atoms with van der Waals surface area (Å²) in [6.45, 7) is 4.38. The lowest BCUT2D eigenvalue weighted by molar-refractivity contribution is 0.103. The standard InChI is InChI=1S/C24H28O4S/c1-3-18(25)15-27-20-12-10-17-11-13-23(28-16-19(26)4-2)24(22(17)14-20)29-21-8-6-5-7-9-21/h5-14,18-19,25-26H,3-4,15-16H2,1-2H3. The van der Waals surface area contributed by atoms with E-state index >= 15 is 0 Å². The normalized spacial score (nSPS) is 13.2. The molecule has 0 aliphatic rings. The number of hydrogen-bond acceptors (Lipinski definition) is 5. The molecule has 5 heteroatoms. The second kappa shape index (κ2) is 10.5. The highest BCUT2D eigenvalue weighted by atomic mass is 32.2. The van der Waals surface area contributed by atoms with E-state index in [0.29, 0.717) is 18.6 Å². The lowest BCUT2D eigenvalue weighted by Gasteiger charge is -2.17. The van der Waals surface area contributed by atoms with Gasteiger partial charge in [0.1, 0.15) is 24.7 Å². The first-order valence-corrected chi connectivity index (χ1v) is 10.8. The fourth-order valence-electron chi connectivity index (χ4n) is 2.78. The van der Waals surface area contributed by atoms with Crippen LogP contribution in [0, 0.1) is 0 Å². The molecule has 4 nitrogen and oxygen atoms in total. The molecule has 0 fully saturated rings. The van der Waals surface area contributed by atoms with Crippen LogP contribution < -0.4 is 9.47 Å². The largest absolute Gasteiger partial charge is 0.491 e. The number of benzene rings is 3. The van der Waals surface area contributed by atoms with E-state index in [2.05, 4.69) is 12.1 Å². The smallest absolute Gasteiger partial charge is 0.134 e.